The molecule has 0 bridgehead atoms. The van der Waals surface area contributed by atoms with Crippen LogP contribution in [0.1, 0.15) is 0 Å². The first-order valence-corrected chi connectivity index (χ1v) is 5.17. The molecule has 3 rings (SSSR count). The molecule has 3 heterocycles. The van der Waals surface area contributed by atoms with E-state index in [1.165, 1.54) is 0 Å². The topological polar surface area (TPSA) is 50.7 Å². The second-order valence-corrected chi connectivity index (χ2v) is 4.13. The number of H-pyrrole nitrogens is 1. The van der Waals surface area contributed by atoms with Gasteiger partial charge in [-0.2, -0.15) is 0 Å². The lowest BCUT2D eigenvalue weighted by molar-refractivity contribution is 0.959. The first kappa shape index (κ1) is 9.42. The Kier molecular flexibility index (Phi) is 1.82. The molecule has 0 saturated carbocycles. The van der Waals surface area contributed by atoms with Crippen molar-refractivity contribution in [3.8, 4) is 0 Å². The summed E-state index contributed by atoms with van der Waals surface area (Å²) in [6, 6.07) is 3.59. The summed E-state index contributed by atoms with van der Waals surface area (Å²) in [6.07, 6.45) is 3.42. The molecule has 0 unspecified atom stereocenters. The van der Waals surface area contributed by atoms with E-state index in [2.05, 4.69) is 9.97 Å². The van der Waals surface area contributed by atoms with Crippen LogP contribution in [-0.4, -0.2) is 14.5 Å². The van der Waals surface area contributed by atoms with Gasteiger partial charge in [0.15, 0.2) is 0 Å². The lowest BCUT2D eigenvalue weighted by atomic mass is 10.2. The second kappa shape index (κ2) is 3.09. The summed E-state index contributed by atoms with van der Waals surface area (Å²) >= 11 is 5.84. The van der Waals surface area contributed by atoms with Crippen LogP contribution in [0.5, 0.6) is 0 Å². The normalized spacial score (nSPS) is 11.4. The number of hydrogen-bond acceptors (Lipinski definition) is 2. The van der Waals surface area contributed by atoms with E-state index in [4.69, 9.17) is 11.6 Å². The van der Waals surface area contributed by atoms with Crippen molar-refractivity contribution in [2.24, 2.45) is 7.05 Å². The third-order valence-corrected chi connectivity index (χ3v) is 2.85. The van der Waals surface area contributed by atoms with E-state index in [1.54, 1.807) is 16.8 Å². The van der Waals surface area contributed by atoms with Gasteiger partial charge in [-0.05, 0) is 12.1 Å². The molecule has 3 aromatic rings. The number of nitrogens with one attached hydrogen (secondary N) is 1. The van der Waals surface area contributed by atoms with Crippen molar-refractivity contribution < 1.29 is 0 Å². The van der Waals surface area contributed by atoms with Crippen molar-refractivity contribution >= 4 is 33.5 Å². The van der Waals surface area contributed by atoms with Crippen LogP contribution < -0.4 is 5.56 Å². The van der Waals surface area contributed by atoms with Gasteiger partial charge in [-0.1, -0.05) is 11.6 Å². The highest BCUT2D eigenvalue weighted by Gasteiger charge is 2.09. The van der Waals surface area contributed by atoms with E-state index >= 15 is 0 Å². The zero-order valence-electron chi connectivity index (χ0n) is 8.49. The van der Waals surface area contributed by atoms with Gasteiger partial charge in [-0.3, -0.25) is 9.78 Å². The van der Waals surface area contributed by atoms with Gasteiger partial charge in [0, 0.05) is 24.8 Å². The molecule has 80 valence electrons. The van der Waals surface area contributed by atoms with Gasteiger partial charge in [0.25, 0.3) is 5.56 Å². The lowest BCUT2D eigenvalue weighted by Crippen LogP contribution is -2.09. The van der Waals surface area contributed by atoms with Crippen molar-refractivity contribution in [2.45, 2.75) is 0 Å². The number of rotatable bonds is 0. The van der Waals surface area contributed by atoms with Crippen molar-refractivity contribution in [1.29, 1.82) is 0 Å². The number of hydrogen-bond donors (Lipinski definition) is 1. The maximum Gasteiger partial charge on any atom is 0.273 e. The number of nitrogens with zero attached hydrogens (tertiary/aromatic N) is 2. The minimum absolute atomic E-state index is 0.126. The summed E-state index contributed by atoms with van der Waals surface area (Å²) < 4.78 is 1.78. The number of aromatic nitrogens is 3. The molecule has 1 N–H and O–H groups in total. The molecule has 0 amide bonds. The number of halogens is 1. The van der Waals surface area contributed by atoms with Crippen molar-refractivity contribution in [3.05, 3.63) is 39.9 Å². The lowest BCUT2D eigenvalue weighted by Gasteiger charge is -2.00. The minimum atomic E-state index is -0.126. The molecule has 4 nitrogen and oxygen atoms in total. The molecule has 0 aromatic carbocycles. The minimum Gasteiger partial charge on any atom is -0.346 e. The monoisotopic (exact) mass is 233 g/mol. The van der Waals surface area contributed by atoms with Crippen LogP contribution in [0.25, 0.3) is 21.9 Å². The van der Waals surface area contributed by atoms with Gasteiger partial charge in [-0.25, -0.2) is 0 Å². The van der Waals surface area contributed by atoms with Gasteiger partial charge in [0.2, 0.25) is 0 Å². The Morgan fingerprint density at radius 3 is 3.12 bits per heavy atom. The van der Waals surface area contributed by atoms with E-state index in [9.17, 15) is 4.79 Å². The van der Waals surface area contributed by atoms with Crippen LogP contribution >= 0.6 is 11.6 Å². The fourth-order valence-corrected chi connectivity index (χ4v) is 2.09. The molecule has 0 spiro atoms. The summed E-state index contributed by atoms with van der Waals surface area (Å²) in [6.45, 7) is 0. The molecule has 3 aromatic heterocycles. The molecule has 0 radical (unpaired) electrons. The van der Waals surface area contributed by atoms with E-state index in [-0.39, 0.29) is 5.56 Å². The Bertz CT molecular complexity index is 757. The molecule has 0 aliphatic heterocycles. The Labute approximate surface area is 95.5 Å². The van der Waals surface area contributed by atoms with Crippen LogP contribution in [-0.2, 0) is 7.05 Å². The average molecular weight is 234 g/mol. The van der Waals surface area contributed by atoms with Crippen LogP contribution in [0, 0.1) is 0 Å². The Morgan fingerprint density at radius 2 is 2.31 bits per heavy atom. The van der Waals surface area contributed by atoms with Crippen LogP contribution in [0.4, 0.5) is 0 Å². The Morgan fingerprint density at radius 1 is 1.50 bits per heavy atom. The highest BCUT2D eigenvalue weighted by Crippen LogP contribution is 2.21. The highest BCUT2D eigenvalue weighted by molar-refractivity contribution is 6.31. The summed E-state index contributed by atoms with van der Waals surface area (Å²) in [5.74, 6) is 0. The van der Waals surface area contributed by atoms with Gasteiger partial charge in [-0.15, -0.1) is 0 Å². The van der Waals surface area contributed by atoms with E-state index in [1.807, 2.05) is 19.3 Å². The zero-order valence-corrected chi connectivity index (χ0v) is 9.25. The van der Waals surface area contributed by atoms with Crippen molar-refractivity contribution in [2.75, 3.05) is 0 Å². The molecule has 0 fully saturated rings. The fourth-order valence-electron chi connectivity index (χ4n) is 1.93. The number of aryl methyl sites for hydroxylation is 1. The highest BCUT2D eigenvalue weighted by atomic mass is 35.5. The number of aromatic amines is 1. The van der Waals surface area contributed by atoms with E-state index in [0.29, 0.717) is 16.1 Å². The standard InChI is InChI=1S/C11H8ClN3O/c1-15-3-2-7-9-8(4-6(12)5-13-9)14-11(16)10(7)15/h2-5H,1H3,(H,14,16). The van der Waals surface area contributed by atoms with Crippen LogP contribution in [0.2, 0.25) is 5.02 Å². The summed E-state index contributed by atoms with van der Waals surface area (Å²) in [7, 11) is 1.83. The number of pyridine rings is 2. The molecule has 0 aliphatic rings. The molecule has 0 atom stereocenters. The quantitative estimate of drug-likeness (QED) is 0.646. The smallest absolute Gasteiger partial charge is 0.273 e. The maximum absolute atomic E-state index is 11.8. The maximum atomic E-state index is 11.8. The zero-order chi connectivity index (χ0) is 11.3. The first-order valence-electron chi connectivity index (χ1n) is 4.79. The van der Waals surface area contributed by atoms with Crippen LogP contribution in [0.15, 0.2) is 29.3 Å². The fraction of sp³-hybridized carbons (Fsp3) is 0.0909. The Balaban J connectivity index is 2.65. The molecule has 0 aliphatic carbocycles. The SMILES string of the molecule is Cn1ccc2c3ncc(Cl)cc3[nH]c(=O)c21. The molecular formula is C11H8ClN3O. The van der Waals surface area contributed by atoms with Gasteiger partial charge >= 0.3 is 0 Å². The van der Waals surface area contributed by atoms with Crippen molar-refractivity contribution in [3.63, 3.8) is 0 Å². The van der Waals surface area contributed by atoms with Gasteiger partial charge in [0.1, 0.15) is 5.52 Å². The van der Waals surface area contributed by atoms with Crippen molar-refractivity contribution in [1.82, 2.24) is 14.5 Å². The molecule has 0 saturated heterocycles. The molecular weight excluding hydrogens is 226 g/mol. The predicted octanol–water partition coefficient (Wildman–Crippen LogP) is 2.07. The largest absolute Gasteiger partial charge is 0.346 e. The first-order chi connectivity index (χ1) is 7.66. The average Bonchev–Trinajstić information content (AvgIpc) is 2.61. The molecule has 5 heteroatoms. The Hall–Kier alpha value is -1.81. The number of fused-ring (bicyclic) bond motifs is 3. The van der Waals surface area contributed by atoms with Gasteiger partial charge < -0.3 is 9.55 Å². The molecule has 16 heavy (non-hydrogen) atoms. The van der Waals surface area contributed by atoms with Crippen LogP contribution in [0.3, 0.4) is 0 Å². The van der Waals surface area contributed by atoms with Gasteiger partial charge in [0.05, 0.1) is 16.1 Å². The third kappa shape index (κ3) is 1.17. The third-order valence-electron chi connectivity index (χ3n) is 2.65. The predicted molar refractivity (Wildman–Crippen MR) is 63.9 cm³/mol. The second-order valence-electron chi connectivity index (χ2n) is 3.69. The summed E-state index contributed by atoms with van der Waals surface area (Å²) in [4.78, 5) is 18.9. The summed E-state index contributed by atoms with van der Waals surface area (Å²) in [5.41, 5.74) is 1.93. The van der Waals surface area contributed by atoms with E-state index in [0.717, 1.165) is 10.9 Å². The van der Waals surface area contributed by atoms with E-state index < -0.39 is 0 Å². The summed E-state index contributed by atoms with van der Waals surface area (Å²) in [5, 5.41) is 1.36.